The number of aliphatic carboxylic acids is 1. The lowest BCUT2D eigenvalue weighted by Gasteiger charge is -2.27. The van der Waals surface area contributed by atoms with Gasteiger partial charge >= 0.3 is 5.97 Å². The number of hydrogen-bond acceptors (Lipinski definition) is 2. The molecule has 1 fully saturated rings. The predicted octanol–water partition coefficient (Wildman–Crippen LogP) is 3.30. The summed E-state index contributed by atoms with van der Waals surface area (Å²) in [5, 5.41) is 8.74. The molecule has 1 heterocycles. The fourth-order valence-electron chi connectivity index (χ4n) is 2.41. The zero-order chi connectivity index (χ0) is 15.6. The highest BCUT2D eigenvalue weighted by Gasteiger charge is 2.30. The first-order chi connectivity index (χ1) is 9.90. The predicted molar refractivity (Wildman–Crippen MR) is 83.4 cm³/mol. The van der Waals surface area contributed by atoms with E-state index in [4.69, 9.17) is 5.11 Å². The molecule has 0 aromatic carbocycles. The number of aromatic nitrogens is 1. The van der Waals surface area contributed by atoms with Gasteiger partial charge in [-0.3, -0.25) is 9.59 Å². The average Bonchev–Trinajstić information content (AvgIpc) is 3.16. The van der Waals surface area contributed by atoms with Crippen LogP contribution >= 0.6 is 15.9 Å². The van der Waals surface area contributed by atoms with Gasteiger partial charge in [0.1, 0.15) is 5.69 Å². The molecule has 0 bridgehead atoms. The van der Waals surface area contributed by atoms with Gasteiger partial charge in [0, 0.05) is 35.7 Å². The van der Waals surface area contributed by atoms with Gasteiger partial charge in [-0.25, -0.2) is 0 Å². The minimum atomic E-state index is -0.824. The molecule has 0 unspecified atom stereocenters. The molecule has 2 rings (SSSR count). The molecule has 1 N–H and O–H groups in total. The smallest absolute Gasteiger partial charge is 0.303 e. The molecule has 1 aromatic rings. The van der Waals surface area contributed by atoms with Crippen molar-refractivity contribution in [2.75, 3.05) is 6.54 Å². The molecule has 0 radical (unpaired) electrons. The van der Waals surface area contributed by atoms with Crippen LogP contribution < -0.4 is 0 Å². The Morgan fingerprint density at radius 3 is 2.67 bits per heavy atom. The van der Waals surface area contributed by atoms with Crippen molar-refractivity contribution in [3.63, 3.8) is 0 Å². The van der Waals surface area contributed by atoms with Crippen molar-refractivity contribution in [1.29, 1.82) is 0 Å². The van der Waals surface area contributed by atoms with Crippen LogP contribution in [0.1, 0.15) is 56.1 Å². The van der Waals surface area contributed by atoms with Crippen LogP contribution in [0.4, 0.5) is 0 Å². The van der Waals surface area contributed by atoms with Crippen LogP contribution in [0.25, 0.3) is 0 Å². The van der Waals surface area contributed by atoms with Crippen molar-refractivity contribution >= 4 is 27.8 Å². The number of nitrogens with zero attached hydrogens (tertiary/aromatic N) is 2. The Morgan fingerprint density at radius 1 is 1.48 bits per heavy atom. The van der Waals surface area contributed by atoms with Gasteiger partial charge in [0.05, 0.1) is 0 Å². The van der Waals surface area contributed by atoms with Crippen molar-refractivity contribution in [1.82, 2.24) is 9.47 Å². The number of carbonyl (C=O) groups excluding carboxylic acids is 1. The second kappa shape index (κ2) is 6.64. The number of carboxylic acids is 1. The highest BCUT2D eigenvalue weighted by atomic mass is 79.9. The maximum atomic E-state index is 12.8. The minimum absolute atomic E-state index is 0.0204. The molecular weight excluding hydrogens is 336 g/mol. The molecule has 1 saturated carbocycles. The average molecular weight is 357 g/mol. The Bertz CT molecular complexity index is 535. The van der Waals surface area contributed by atoms with Crippen LogP contribution in [0.15, 0.2) is 16.7 Å². The van der Waals surface area contributed by atoms with Gasteiger partial charge < -0.3 is 14.6 Å². The molecule has 1 aromatic heterocycles. The van der Waals surface area contributed by atoms with Gasteiger partial charge in [-0.2, -0.15) is 0 Å². The molecule has 5 nitrogen and oxygen atoms in total. The molecule has 0 spiro atoms. The summed E-state index contributed by atoms with van der Waals surface area (Å²) >= 11 is 3.44. The standard InChI is InChI=1S/C15H21BrN2O3/c1-10(2)17(7-3-4-14(19)20)15(21)13-8-11(16)9-18(13)12-5-6-12/h8-10,12H,3-7H2,1-2H3,(H,19,20). The molecule has 1 aliphatic carbocycles. The van der Waals surface area contributed by atoms with E-state index in [-0.39, 0.29) is 18.4 Å². The van der Waals surface area contributed by atoms with Crippen molar-refractivity contribution in [2.24, 2.45) is 0 Å². The monoisotopic (exact) mass is 356 g/mol. The van der Waals surface area contributed by atoms with Gasteiger partial charge in [-0.15, -0.1) is 0 Å². The minimum Gasteiger partial charge on any atom is -0.481 e. The van der Waals surface area contributed by atoms with E-state index < -0.39 is 5.97 Å². The lowest BCUT2D eigenvalue weighted by atomic mass is 10.2. The normalized spacial score (nSPS) is 14.5. The highest BCUT2D eigenvalue weighted by Crippen LogP contribution is 2.37. The lowest BCUT2D eigenvalue weighted by molar-refractivity contribution is -0.137. The van der Waals surface area contributed by atoms with E-state index >= 15 is 0 Å². The molecule has 6 heteroatoms. The second-order valence-corrected chi connectivity index (χ2v) is 6.69. The molecule has 21 heavy (non-hydrogen) atoms. The summed E-state index contributed by atoms with van der Waals surface area (Å²) < 4.78 is 2.95. The van der Waals surface area contributed by atoms with Crippen LogP contribution in [0.3, 0.4) is 0 Å². The zero-order valence-electron chi connectivity index (χ0n) is 12.4. The topological polar surface area (TPSA) is 62.5 Å². The summed E-state index contributed by atoms with van der Waals surface area (Å²) in [6.45, 7) is 4.38. The molecule has 1 amide bonds. The molecule has 0 saturated heterocycles. The van der Waals surface area contributed by atoms with Crippen LogP contribution in [-0.4, -0.2) is 39.0 Å². The Morgan fingerprint density at radius 2 is 2.14 bits per heavy atom. The van der Waals surface area contributed by atoms with Gasteiger partial charge in [0.15, 0.2) is 0 Å². The number of carbonyl (C=O) groups is 2. The fraction of sp³-hybridized carbons (Fsp3) is 0.600. The molecule has 0 atom stereocenters. The van der Waals surface area contributed by atoms with E-state index in [0.29, 0.717) is 24.7 Å². The van der Waals surface area contributed by atoms with E-state index in [1.54, 1.807) is 4.90 Å². The summed E-state index contributed by atoms with van der Waals surface area (Å²) in [6.07, 6.45) is 4.75. The third kappa shape index (κ3) is 4.09. The molecule has 0 aliphatic heterocycles. The van der Waals surface area contributed by atoms with Crippen molar-refractivity contribution < 1.29 is 14.7 Å². The summed E-state index contributed by atoms with van der Waals surface area (Å²) in [7, 11) is 0. The van der Waals surface area contributed by atoms with E-state index in [0.717, 1.165) is 17.3 Å². The summed E-state index contributed by atoms with van der Waals surface area (Å²) in [5.41, 5.74) is 0.688. The third-order valence-corrected chi connectivity index (χ3v) is 4.08. The van der Waals surface area contributed by atoms with Crippen molar-refractivity contribution in [3.8, 4) is 0 Å². The number of carboxylic acid groups (broad SMARTS) is 1. The molecule has 1 aliphatic rings. The Balaban J connectivity index is 2.12. The number of rotatable bonds is 7. The first-order valence-electron chi connectivity index (χ1n) is 7.30. The zero-order valence-corrected chi connectivity index (χ0v) is 14.0. The Hall–Kier alpha value is -1.30. The second-order valence-electron chi connectivity index (χ2n) is 5.77. The summed E-state index contributed by atoms with van der Waals surface area (Å²) in [4.78, 5) is 25.2. The van der Waals surface area contributed by atoms with Crippen LogP contribution in [0, 0.1) is 0 Å². The quantitative estimate of drug-likeness (QED) is 0.815. The number of amides is 1. The Labute approximate surface area is 133 Å². The largest absolute Gasteiger partial charge is 0.481 e. The van der Waals surface area contributed by atoms with Crippen molar-refractivity contribution in [2.45, 2.75) is 51.6 Å². The number of halogens is 1. The van der Waals surface area contributed by atoms with E-state index in [1.165, 1.54) is 0 Å². The molecule has 116 valence electrons. The van der Waals surface area contributed by atoms with Crippen LogP contribution in [0.5, 0.6) is 0 Å². The van der Waals surface area contributed by atoms with Crippen LogP contribution in [-0.2, 0) is 4.79 Å². The van der Waals surface area contributed by atoms with Crippen molar-refractivity contribution in [3.05, 3.63) is 22.4 Å². The van der Waals surface area contributed by atoms with Gasteiger partial charge in [0.25, 0.3) is 5.91 Å². The van der Waals surface area contributed by atoms with Gasteiger partial charge in [-0.1, -0.05) is 0 Å². The molecular formula is C15H21BrN2O3. The van der Waals surface area contributed by atoms with Gasteiger partial charge in [0.2, 0.25) is 0 Å². The van der Waals surface area contributed by atoms with E-state index in [1.807, 2.05) is 30.7 Å². The van der Waals surface area contributed by atoms with Crippen LogP contribution in [0.2, 0.25) is 0 Å². The maximum absolute atomic E-state index is 12.8. The fourth-order valence-corrected chi connectivity index (χ4v) is 2.85. The Kier molecular flexibility index (Phi) is 5.08. The van der Waals surface area contributed by atoms with E-state index in [9.17, 15) is 9.59 Å². The first kappa shape index (κ1) is 16.1. The third-order valence-electron chi connectivity index (χ3n) is 3.65. The SMILES string of the molecule is CC(C)N(CCCC(=O)O)C(=O)c1cc(Br)cn1C1CC1. The summed E-state index contributed by atoms with van der Waals surface area (Å²) in [6, 6.07) is 2.34. The summed E-state index contributed by atoms with van der Waals surface area (Å²) in [5.74, 6) is -0.844. The van der Waals surface area contributed by atoms with Gasteiger partial charge in [-0.05, 0) is 55.1 Å². The van der Waals surface area contributed by atoms with E-state index in [2.05, 4.69) is 15.9 Å². The highest BCUT2D eigenvalue weighted by molar-refractivity contribution is 9.10. The number of hydrogen-bond donors (Lipinski definition) is 1. The first-order valence-corrected chi connectivity index (χ1v) is 8.09. The lowest BCUT2D eigenvalue weighted by Crippen LogP contribution is -2.38. The maximum Gasteiger partial charge on any atom is 0.303 e.